The third kappa shape index (κ3) is 44.3. The van der Waals surface area contributed by atoms with Crippen molar-refractivity contribution in [2.75, 3.05) is 47.5 Å². The standard InChI is InChI=1S/C53H87NO8/c1-6-8-10-12-14-16-18-19-20-21-22-23-24-25-26-27-28-29-30-31-32-33-34-36-38-40-42-44-51(56)62-49(48-61-53(52(57)58)59-46-45-54(3,4)5)47-60-50(55)43-41-39-37-35-17-15-13-11-9-7-2/h8,10,14,16,19-20,22-23,25-26,28-29,31-32,34,36,49,53H,6-7,9,11-13,15,17-18,21,24,27,30,33,35,37-48H2,1-5H3/p+1/b10-8-,16-14-,20-19-,23-22-,26-25-,29-28-,32-31-,36-34-. The summed E-state index contributed by atoms with van der Waals surface area (Å²) in [7, 11) is 5.93. The van der Waals surface area contributed by atoms with E-state index in [1.165, 1.54) is 44.9 Å². The highest BCUT2D eigenvalue weighted by Crippen LogP contribution is 2.13. The van der Waals surface area contributed by atoms with E-state index in [4.69, 9.17) is 18.9 Å². The zero-order chi connectivity index (χ0) is 45.6. The Kier molecular flexibility index (Phi) is 41.2. The zero-order valence-corrected chi connectivity index (χ0v) is 39.7. The van der Waals surface area contributed by atoms with E-state index >= 15 is 0 Å². The lowest BCUT2D eigenvalue weighted by molar-refractivity contribution is -0.870. The average Bonchev–Trinajstić information content (AvgIpc) is 3.23. The van der Waals surface area contributed by atoms with E-state index in [9.17, 15) is 19.5 Å². The van der Waals surface area contributed by atoms with Crippen LogP contribution in [0.15, 0.2) is 97.2 Å². The smallest absolute Gasteiger partial charge is 0.361 e. The fourth-order valence-electron chi connectivity index (χ4n) is 5.91. The second-order valence-electron chi connectivity index (χ2n) is 16.7. The third-order valence-electron chi connectivity index (χ3n) is 9.61. The molecule has 0 bridgehead atoms. The van der Waals surface area contributed by atoms with Gasteiger partial charge in [-0.3, -0.25) is 9.59 Å². The molecular weight excluding hydrogens is 779 g/mol. The van der Waals surface area contributed by atoms with Crippen molar-refractivity contribution in [2.45, 2.75) is 174 Å². The first kappa shape index (κ1) is 58.2. The summed E-state index contributed by atoms with van der Waals surface area (Å²) in [6, 6.07) is 0. The van der Waals surface area contributed by atoms with E-state index in [1.54, 1.807) is 0 Å². The van der Waals surface area contributed by atoms with E-state index in [2.05, 4.69) is 111 Å². The van der Waals surface area contributed by atoms with Gasteiger partial charge < -0.3 is 28.5 Å². The number of ether oxygens (including phenoxy) is 4. The molecule has 62 heavy (non-hydrogen) atoms. The summed E-state index contributed by atoms with van der Waals surface area (Å²) < 4.78 is 22.6. The molecule has 0 heterocycles. The highest BCUT2D eigenvalue weighted by molar-refractivity contribution is 5.71. The predicted molar refractivity (Wildman–Crippen MR) is 258 cm³/mol. The van der Waals surface area contributed by atoms with E-state index < -0.39 is 24.3 Å². The summed E-state index contributed by atoms with van der Waals surface area (Å²) in [6.45, 7) is 4.66. The van der Waals surface area contributed by atoms with E-state index in [1.807, 2.05) is 21.1 Å². The molecule has 1 N–H and O–H groups in total. The Balaban J connectivity index is 4.44. The predicted octanol–water partition coefficient (Wildman–Crippen LogP) is 13.1. The number of quaternary nitrogens is 1. The molecule has 0 aliphatic heterocycles. The first-order valence-corrected chi connectivity index (χ1v) is 23.9. The second kappa shape index (κ2) is 43.8. The van der Waals surface area contributed by atoms with Crippen LogP contribution in [0, 0.1) is 0 Å². The zero-order valence-electron chi connectivity index (χ0n) is 39.7. The number of carbonyl (C=O) groups is 3. The number of carbonyl (C=O) groups excluding carboxylic acids is 2. The quantitative estimate of drug-likeness (QED) is 0.0212. The molecule has 352 valence electrons. The van der Waals surface area contributed by atoms with Gasteiger partial charge in [-0.1, -0.05) is 169 Å². The molecule has 0 aromatic heterocycles. The van der Waals surface area contributed by atoms with Crippen LogP contribution in [0.4, 0.5) is 0 Å². The maximum atomic E-state index is 12.8. The lowest BCUT2D eigenvalue weighted by atomic mass is 10.1. The number of likely N-dealkylation sites (N-methyl/N-ethyl adjacent to an activating group) is 1. The number of rotatable bonds is 42. The minimum absolute atomic E-state index is 0.174. The molecule has 0 amide bonds. The summed E-state index contributed by atoms with van der Waals surface area (Å²) in [6.07, 6.45) is 54.8. The number of aliphatic carboxylic acids is 1. The van der Waals surface area contributed by atoms with Gasteiger partial charge in [-0.05, 0) is 77.0 Å². The SMILES string of the molecule is CC/C=C\C/C=C\C/C=C\C/C=C\C/C=C\C/C=C\C/C=C\C/C=C\CCCCC(=O)OC(COC(=O)CCCCCCCCCCCC)COC(OCC[N+](C)(C)C)C(=O)O. The van der Waals surface area contributed by atoms with Crippen molar-refractivity contribution in [3.05, 3.63) is 97.2 Å². The Morgan fingerprint density at radius 3 is 1.37 bits per heavy atom. The van der Waals surface area contributed by atoms with Gasteiger partial charge >= 0.3 is 17.9 Å². The minimum atomic E-state index is -1.52. The van der Waals surface area contributed by atoms with Crippen LogP contribution in [-0.4, -0.2) is 87.4 Å². The van der Waals surface area contributed by atoms with Crippen LogP contribution in [0.3, 0.4) is 0 Å². The van der Waals surface area contributed by atoms with E-state index in [0.29, 0.717) is 17.4 Å². The summed E-state index contributed by atoms with van der Waals surface area (Å²) in [5, 5.41) is 9.63. The number of unbranched alkanes of at least 4 members (excludes halogenated alkanes) is 11. The Bertz CT molecular complexity index is 1330. The number of allylic oxidation sites excluding steroid dienone is 16. The Morgan fingerprint density at radius 1 is 0.500 bits per heavy atom. The summed E-state index contributed by atoms with van der Waals surface area (Å²) in [5.74, 6) is -2.08. The van der Waals surface area contributed by atoms with Gasteiger partial charge in [-0.25, -0.2) is 4.79 Å². The van der Waals surface area contributed by atoms with Crippen LogP contribution in [0.2, 0.25) is 0 Å². The molecule has 9 nitrogen and oxygen atoms in total. The number of hydrogen-bond acceptors (Lipinski definition) is 7. The van der Waals surface area contributed by atoms with Gasteiger partial charge in [0.05, 0.1) is 34.4 Å². The van der Waals surface area contributed by atoms with Crippen LogP contribution in [-0.2, 0) is 33.3 Å². The molecule has 0 spiro atoms. The Morgan fingerprint density at radius 2 is 0.919 bits per heavy atom. The summed E-state index contributed by atoms with van der Waals surface area (Å²) in [5.41, 5.74) is 0. The van der Waals surface area contributed by atoms with Crippen LogP contribution in [0.1, 0.15) is 162 Å². The molecule has 0 aliphatic carbocycles. The number of carboxylic acids is 1. The molecule has 0 radical (unpaired) electrons. The van der Waals surface area contributed by atoms with Gasteiger partial charge in [0.15, 0.2) is 6.10 Å². The molecule has 0 aliphatic rings. The Hall–Kier alpha value is -3.79. The van der Waals surface area contributed by atoms with Gasteiger partial charge in [-0.2, -0.15) is 0 Å². The lowest BCUT2D eigenvalue weighted by Gasteiger charge is -2.25. The maximum absolute atomic E-state index is 12.8. The molecule has 0 saturated carbocycles. The molecule has 0 aromatic carbocycles. The van der Waals surface area contributed by atoms with Crippen molar-refractivity contribution in [1.29, 1.82) is 0 Å². The largest absolute Gasteiger partial charge is 0.477 e. The van der Waals surface area contributed by atoms with Crippen molar-refractivity contribution >= 4 is 17.9 Å². The number of esters is 2. The van der Waals surface area contributed by atoms with Gasteiger partial charge in [0.2, 0.25) is 0 Å². The van der Waals surface area contributed by atoms with Crippen LogP contribution >= 0.6 is 0 Å². The molecular formula is C53H88NO8+. The van der Waals surface area contributed by atoms with E-state index in [0.717, 1.165) is 83.5 Å². The Labute approximate surface area is 378 Å². The van der Waals surface area contributed by atoms with Crippen molar-refractivity contribution in [2.24, 2.45) is 0 Å². The highest BCUT2D eigenvalue weighted by Gasteiger charge is 2.25. The van der Waals surface area contributed by atoms with Crippen molar-refractivity contribution in [3.8, 4) is 0 Å². The second-order valence-corrected chi connectivity index (χ2v) is 16.7. The fraction of sp³-hybridized carbons (Fsp3) is 0.642. The van der Waals surface area contributed by atoms with Gasteiger partial charge in [0, 0.05) is 12.8 Å². The molecule has 0 saturated heterocycles. The third-order valence-corrected chi connectivity index (χ3v) is 9.61. The molecule has 0 aromatic rings. The highest BCUT2D eigenvalue weighted by atomic mass is 16.7. The molecule has 2 atom stereocenters. The number of hydrogen-bond donors (Lipinski definition) is 1. The van der Waals surface area contributed by atoms with Crippen LogP contribution in [0.5, 0.6) is 0 Å². The topological polar surface area (TPSA) is 108 Å². The fourth-order valence-corrected chi connectivity index (χ4v) is 5.91. The normalized spacial score (nSPS) is 13.8. The molecule has 2 unspecified atom stereocenters. The first-order chi connectivity index (χ1) is 30.1. The van der Waals surface area contributed by atoms with Crippen molar-refractivity contribution in [1.82, 2.24) is 0 Å². The maximum Gasteiger partial charge on any atom is 0.361 e. The van der Waals surface area contributed by atoms with E-state index in [-0.39, 0.29) is 38.6 Å². The summed E-state index contributed by atoms with van der Waals surface area (Å²) >= 11 is 0. The molecule has 9 heteroatoms. The van der Waals surface area contributed by atoms with Crippen molar-refractivity contribution < 1.29 is 42.9 Å². The number of carboxylic acid groups (broad SMARTS) is 1. The average molecular weight is 867 g/mol. The minimum Gasteiger partial charge on any atom is -0.477 e. The molecule has 0 fully saturated rings. The van der Waals surface area contributed by atoms with Crippen molar-refractivity contribution in [3.63, 3.8) is 0 Å². The van der Waals surface area contributed by atoms with Crippen LogP contribution < -0.4 is 0 Å². The monoisotopic (exact) mass is 867 g/mol. The summed E-state index contributed by atoms with van der Waals surface area (Å²) in [4.78, 5) is 37.1. The van der Waals surface area contributed by atoms with Gasteiger partial charge in [-0.15, -0.1) is 0 Å². The van der Waals surface area contributed by atoms with Crippen LogP contribution in [0.25, 0.3) is 0 Å². The van der Waals surface area contributed by atoms with Gasteiger partial charge in [0.25, 0.3) is 6.29 Å². The lowest BCUT2D eigenvalue weighted by Crippen LogP contribution is -2.40. The number of nitrogens with zero attached hydrogens (tertiary/aromatic N) is 1. The molecule has 0 rings (SSSR count). The first-order valence-electron chi connectivity index (χ1n) is 23.9. The van der Waals surface area contributed by atoms with Gasteiger partial charge in [0.1, 0.15) is 13.2 Å².